The molecule has 222 valence electrons. The van der Waals surface area contributed by atoms with Crippen molar-refractivity contribution in [3.05, 3.63) is 45.5 Å². The molecule has 0 unspecified atom stereocenters. The Balaban J connectivity index is 1.48. The molecule has 1 amide bonds. The van der Waals surface area contributed by atoms with Gasteiger partial charge in [-0.3, -0.25) is 24.0 Å². The van der Waals surface area contributed by atoms with E-state index in [-0.39, 0.29) is 46.7 Å². The van der Waals surface area contributed by atoms with Crippen LogP contribution in [0.5, 0.6) is 0 Å². The molecular weight excluding hydrogens is 584 g/mol. The summed E-state index contributed by atoms with van der Waals surface area (Å²) >= 11 is 12.4. The fraction of sp³-hybridized carbons (Fsp3) is 0.607. The molecule has 3 saturated carbocycles. The third-order valence-corrected chi connectivity index (χ3v) is 10.3. The summed E-state index contributed by atoms with van der Waals surface area (Å²) in [6.07, 6.45) is 0.330. The van der Waals surface area contributed by atoms with Crippen LogP contribution in [-0.4, -0.2) is 55.0 Å². The number of alkyl halides is 3. The van der Waals surface area contributed by atoms with E-state index >= 15 is 0 Å². The average molecular weight is 615 g/mol. The molecular formula is C28H31Cl2F3N4O4. The van der Waals surface area contributed by atoms with Crippen LogP contribution in [0.2, 0.25) is 10.0 Å². The van der Waals surface area contributed by atoms with Gasteiger partial charge in [0.15, 0.2) is 11.5 Å². The van der Waals surface area contributed by atoms with E-state index in [0.29, 0.717) is 24.7 Å². The molecule has 3 aliphatic carbocycles. The lowest BCUT2D eigenvalue weighted by molar-refractivity contribution is -0.152. The number of carbonyl (C=O) groups excluding carboxylic acids is 2. The molecule has 41 heavy (non-hydrogen) atoms. The monoisotopic (exact) mass is 614 g/mol. The van der Waals surface area contributed by atoms with Crippen LogP contribution in [0.15, 0.2) is 18.6 Å². The van der Waals surface area contributed by atoms with Gasteiger partial charge >= 0.3 is 12.1 Å². The second-order valence-electron chi connectivity index (χ2n) is 12.4. The van der Waals surface area contributed by atoms with Gasteiger partial charge in [-0.05, 0) is 62.7 Å². The highest BCUT2D eigenvalue weighted by atomic mass is 35.5. The van der Waals surface area contributed by atoms with Crippen molar-refractivity contribution < 1.29 is 32.7 Å². The minimum atomic E-state index is -4.91. The van der Waals surface area contributed by atoms with Crippen molar-refractivity contribution in [2.24, 2.45) is 22.7 Å². The first-order valence-corrected chi connectivity index (χ1v) is 14.3. The predicted molar refractivity (Wildman–Crippen MR) is 144 cm³/mol. The zero-order valence-electron chi connectivity index (χ0n) is 22.8. The van der Waals surface area contributed by atoms with E-state index in [4.69, 9.17) is 23.2 Å². The molecule has 5 rings (SSSR count). The molecule has 3 atom stereocenters. The van der Waals surface area contributed by atoms with Crippen LogP contribution < -0.4 is 0 Å². The van der Waals surface area contributed by atoms with Gasteiger partial charge in [-0.15, -0.1) is 0 Å². The van der Waals surface area contributed by atoms with E-state index in [9.17, 15) is 32.7 Å². The molecule has 0 aliphatic heterocycles. The fourth-order valence-corrected chi connectivity index (χ4v) is 7.52. The van der Waals surface area contributed by atoms with Crippen LogP contribution in [0.25, 0.3) is 0 Å². The first-order chi connectivity index (χ1) is 19.1. The van der Waals surface area contributed by atoms with Crippen LogP contribution in [-0.2, 0) is 11.0 Å². The van der Waals surface area contributed by atoms with Gasteiger partial charge in [0.05, 0.1) is 45.4 Å². The third-order valence-electron chi connectivity index (χ3n) is 9.70. The molecule has 8 nitrogen and oxygen atoms in total. The number of rotatable bonds is 7. The Labute approximate surface area is 245 Å². The lowest BCUT2D eigenvalue weighted by Crippen LogP contribution is -2.44. The van der Waals surface area contributed by atoms with Gasteiger partial charge in [0.25, 0.3) is 5.91 Å². The lowest BCUT2D eigenvalue weighted by atomic mass is 9.74. The van der Waals surface area contributed by atoms with Crippen molar-refractivity contribution in [1.82, 2.24) is 19.7 Å². The van der Waals surface area contributed by atoms with Crippen LogP contribution >= 0.6 is 23.2 Å². The van der Waals surface area contributed by atoms with E-state index < -0.39 is 59.1 Å². The number of hydrogen-bond donors (Lipinski definition) is 1. The van der Waals surface area contributed by atoms with Crippen LogP contribution in [0.1, 0.15) is 91.7 Å². The van der Waals surface area contributed by atoms with Crippen molar-refractivity contribution in [3.63, 3.8) is 0 Å². The van der Waals surface area contributed by atoms with Gasteiger partial charge in [-0.1, -0.05) is 37.0 Å². The zero-order chi connectivity index (χ0) is 30.1. The summed E-state index contributed by atoms with van der Waals surface area (Å²) in [6.45, 7) is 5.32. The molecule has 0 spiro atoms. The number of carboxylic acids is 1. The summed E-state index contributed by atoms with van der Waals surface area (Å²) in [4.78, 5) is 44.0. The lowest BCUT2D eigenvalue weighted by Gasteiger charge is -2.35. The number of nitrogens with zero attached hydrogens (tertiary/aromatic N) is 4. The number of amides is 1. The smallest absolute Gasteiger partial charge is 0.433 e. The van der Waals surface area contributed by atoms with E-state index in [1.165, 1.54) is 17.3 Å². The molecule has 0 bridgehead atoms. The van der Waals surface area contributed by atoms with Crippen molar-refractivity contribution in [3.8, 4) is 0 Å². The highest BCUT2D eigenvalue weighted by molar-refractivity contribution is 6.39. The third kappa shape index (κ3) is 5.24. The number of aliphatic carboxylic acids is 1. The first-order valence-electron chi connectivity index (χ1n) is 13.6. The summed E-state index contributed by atoms with van der Waals surface area (Å²) in [6, 6.07) is -1.16. The molecule has 0 saturated heterocycles. The number of carbonyl (C=O) groups is 3. The van der Waals surface area contributed by atoms with Crippen LogP contribution in [0.3, 0.4) is 0 Å². The second-order valence-corrected chi connectivity index (χ2v) is 13.3. The number of Topliss-reactive ketones (excluding diaryl/α,β-unsaturated/α-hetero) is 1. The van der Waals surface area contributed by atoms with E-state index in [0.717, 1.165) is 10.9 Å². The molecule has 13 heteroatoms. The van der Waals surface area contributed by atoms with Gasteiger partial charge in [0, 0.05) is 18.4 Å². The largest absolute Gasteiger partial charge is 0.481 e. The number of halogens is 5. The Hall–Kier alpha value is -2.66. The number of fused-ring (bicyclic) bond motifs is 1. The highest BCUT2D eigenvalue weighted by Gasteiger charge is 2.63. The molecule has 3 fully saturated rings. The number of pyridine rings is 1. The topological polar surface area (TPSA) is 105 Å². The van der Waals surface area contributed by atoms with Crippen LogP contribution in [0.4, 0.5) is 13.2 Å². The minimum absolute atomic E-state index is 0.0141. The van der Waals surface area contributed by atoms with Gasteiger partial charge in [-0.2, -0.15) is 18.3 Å². The van der Waals surface area contributed by atoms with E-state index in [1.54, 1.807) is 6.92 Å². The number of hydrogen-bond acceptors (Lipinski definition) is 5. The van der Waals surface area contributed by atoms with E-state index in [2.05, 4.69) is 23.9 Å². The normalized spacial score (nSPS) is 28.7. The Morgan fingerprint density at radius 1 is 1.05 bits per heavy atom. The Bertz CT molecular complexity index is 1370. The maximum absolute atomic E-state index is 14.5. The van der Waals surface area contributed by atoms with Crippen molar-refractivity contribution in [1.29, 1.82) is 0 Å². The molecule has 2 heterocycles. The Morgan fingerprint density at radius 2 is 1.61 bits per heavy atom. The second kappa shape index (κ2) is 10.3. The zero-order valence-corrected chi connectivity index (χ0v) is 24.4. The average Bonchev–Trinajstić information content (AvgIpc) is 3.30. The summed E-state index contributed by atoms with van der Waals surface area (Å²) in [7, 11) is 0. The molecule has 2 aromatic heterocycles. The molecule has 3 aliphatic rings. The molecule has 2 aromatic rings. The Kier molecular flexibility index (Phi) is 7.46. The molecule has 0 aromatic carbocycles. The Morgan fingerprint density at radius 3 is 2.12 bits per heavy atom. The van der Waals surface area contributed by atoms with Gasteiger partial charge in [-0.25, -0.2) is 0 Å². The summed E-state index contributed by atoms with van der Waals surface area (Å²) in [5.41, 5.74) is -2.80. The van der Waals surface area contributed by atoms with Crippen molar-refractivity contribution in [2.45, 2.75) is 77.6 Å². The quantitative estimate of drug-likeness (QED) is 0.354. The molecule has 0 radical (unpaired) electrons. The number of aromatic nitrogens is 3. The highest BCUT2D eigenvalue weighted by Crippen LogP contribution is 2.67. The summed E-state index contributed by atoms with van der Waals surface area (Å²) in [5, 5.41) is 13.5. The number of carboxylic acid groups (broad SMARTS) is 1. The number of ketones is 1. The minimum Gasteiger partial charge on any atom is -0.481 e. The predicted octanol–water partition coefficient (Wildman–Crippen LogP) is 6.57. The van der Waals surface area contributed by atoms with Gasteiger partial charge < -0.3 is 10.0 Å². The SMILES string of the molecule is CC1(C)[C@@H]2C[C@@H](N(CC(=O)c3c(Cl)cncc3Cl)C(=O)c3cnn([C@H]4CC[C@](C)(C(=O)O)CC4)c3C(F)(F)F)C[C@@H]21. The van der Waals surface area contributed by atoms with Crippen molar-refractivity contribution in [2.75, 3.05) is 6.54 Å². The van der Waals surface area contributed by atoms with E-state index in [1.807, 2.05) is 0 Å². The maximum atomic E-state index is 14.5. The van der Waals surface area contributed by atoms with Gasteiger partial charge in [0.2, 0.25) is 0 Å². The van der Waals surface area contributed by atoms with Crippen molar-refractivity contribution >= 4 is 40.9 Å². The molecule has 1 N–H and O–H groups in total. The van der Waals surface area contributed by atoms with Crippen LogP contribution in [0, 0.1) is 22.7 Å². The summed E-state index contributed by atoms with van der Waals surface area (Å²) < 4.78 is 44.5. The first kappa shape index (κ1) is 29.8. The fourth-order valence-electron chi connectivity index (χ4n) is 6.94. The van der Waals surface area contributed by atoms with Gasteiger partial charge in [0.1, 0.15) is 0 Å². The standard InChI is InChI=1S/C28H31Cl2F3N4O4/c1-26(2)17-8-15(9-18(17)26)36(13-21(38)22-19(29)11-34-12-20(22)30)24(39)16-10-35-37(23(16)28(31,32)33)14-4-6-27(3,7-5-14)25(40)41/h10-12,14-15,17-18H,4-9,13H2,1-3H3,(H,40,41)/t14-,15-,17-,18+,27-. The maximum Gasteiger partial charge on any atom is 0.433 e. The summed E-state index contributed by atoms with van der Waals surface area (Å²) in [5.74, 6) is -1.91.